The number of carbonyl (C=O) groups is 1. The van der Waals surface area contributed by atoms with E-state index in [1.54, 1.807) is 0 Å². The zero-order valence-corrected chi connectivity index (χ0v) is 13.0. The van der Waals surface area contributed by atoms with Gasteiger partial charge < -0.3 is 9.47 Å². The zero-order chi connectivity index (χ0) is 15.6. The first-order valence-corrected chi connectivity index (χ1v) is 8.18. The van der Waals surface area contributed by atoms with E-state index in [9.17, 15) is 13.2 Å². The van der Waals surface area contributed by atoms with E-state index in [0.29, 0.717) is 12.2 Å². The first kappa shape index (κ1) is 15.8. The molecule has 1 saturated heterocycles. The summed E-state index contributed by atoms with van der Waals surface area (Å²) in [5, 5.41) is 0. The van der Waals surface area contributed by atoms with Crippen LogP contribution in [0.4, 0.5) is 4.79 Å². The van der Waals surface area contributed by atoms with E-state index in [1.807, 2.05) is 32.9 Å². The summed E-state index contributed by atoms with van der Waals surface area (Å²) in [6, 6.07) is 3.79. The normalized spacial score (nSPS) is 20.8. The number of hydrogen-bond acceptors (Lipinski definition) is 6. The molecule has 7 heteroatoms. The Kier molecular flexibility index (Phi) is 4.53. The molecule has 2 rings (SSSR count). The minimum absolute atomic E-state index is 0.0167. The number of rotatable bonds is 2. The second-order valence-electron chi connectivity index (χ2n) is 5.15. The van der Waals surface area contributed by atoms with Gasteiger partial charge in [0.2, 0.25) is 0 Å². The molecule has 0 saturated carbocycles. The van der Waals surface area contributed by atoms with Crippen molar-refractivity contribution < 1.29 is 26.9 Å². The Morgan fingerprint density at radius 3 is 2.43 bits per heavy atom. The van der Waals surface area contributed by atoms with Crippen LogP contribution in [0.15, 0.2) is 12.1 Å². The van der Waals surface area contributed by atoms with Gasteiger partial charge in [-0.1, -0.05) is 17.7 Å². The molecule has 0 amide bonds. The smallest absolute Gasteiger partial charge is 0.429 e. The van der Waals surface area contributed by atoms with Crippen LogP contribution in [0.2, 0.25) is 0 Å². The topological polar surface area (TPSA) is 78.9 Å². The van der Waals surface area contributed by atoms with Crippen LogP contribution in [-0.2, 0) is 19.0 Å². The van der Waals surface area contributed by atoms with Crippen molar-refractivity contribution >= 4 is 16.3 Å². The van der Waals surface area contributed by atoms with E-state index in [2.05, 4.69) is 4.18 Å². The van der Waals surface area contributed by atoms with Gasteiger partial charge in [0.1, 0.15) is 17.6 Å². The lowest BCUT2D eigenvalue weighted by atomic mass is 10.1. The molecule has 6 nitrogen and oxygen atoms in total. The predicted molar refractivity (Wildman–Crippen MR) is 75.9 cm³/mol. The highest BCUT2D eigenvalue weighted by Gasteiger charge is 2.29. The SMILES string of the molecule is Cc1cc(C)c(OC(=O)OC2CCOS(=O)(=O)C2)c(C)c1. The molecule has 1 unspecified atom stereocenters. The second kappa shape index (κ2) is 6.03. The molecule has 1 aromatic rings. The van der Waals surface area contributed by atoms with Crippen molar-refractivity contribution in [3.8, 4) is 5.75 Å². The van der Waals surface area contributed by atoms with Crippen molar-refractivity contribution in [3.05, 3.63) is 28.8 Å². The Morgan fingerprint density at radius 2 is 1.86 bits per heavy atom. The van der Waals surface area contributed by atoms with E-state index in [0.717, 1.165) is 16.7 Å². The van der Waals surface area contributed by atoms with E-state index >= 15 is 0 Å². The maximum Gasteiger partial charge on any atom is 0.514 e. The zero-order valence-electron chi connectivity index (χ0n) is 12.2. The number of ether oxygens (including phenoxy) is 2. The molecule has 0 radical (unpaired) electrons. The van der Waals surface area contributed by atoms with Crippen LogP contribution in [0.5, 0.6) is 5.75 Å². The minimum atomic E-state index is -3.61. The molecule has 0 spiro atoms. The molecule has 1 fully saturated rings. The van der Waals surface area contributed by atoms with Gasteiger partial charge in [-0.3, -0.25) is 4.18 Å². The van der Waals surface area contributed by atoms with Gasteiger partial charge in [-0.05, 0) is 31.9 Å². The Morgan fingerprint density at radius 1 is 1.24 bits per heavy atom. The molecular weight excluding hydrogens is 296 g/mol. The predicted octanol–water partition coefficient (Wildman–Crippen LogP) is 2.25. The van der Waals surface area contributed by atoms with Gasteiger partial charge in [0, 0.05) is 6.42 Å². The Balaban J connectivity index is 2.02. The summed E-state index contributed by atoms with van der Waals surface area (Å²) < 4.78 is 37.4. The third-order valence-electron chi connectivity index (χ3n) is 3.15. The van der Waals surface area contributed by atoms with Crippen LogP contribution < -0.4 is 4.74 Å². The molecule has 1 atom stereocenters. The van der Waals surface area contributed by atoms with E-state index in [-0.39, 0.29) is 12.4 Å². The fraction of sp³-hybridized carbons (Fsp3) is 0.500. The average Bonchev–Trinajstić information content (AvgIpc) is 2.32. The summed E-state index contributed by atoms with van der Waals surface area (Å²) >= 11 is 0. The van der Waals surface area contributed by atoms with Gasteiger partial charge in [-0.2, -0.15) is 8.42 Å². The maximum atomic E-state index is 11.8. The summed E-state index contributed by atoms with van der Waals surface area (Å²) in [7, 11) is -3.61. The fourth-order valence-electron chi connectivity index (χ4n) is 2.33. The van der Waals surface area contributed by atoms with E-state index < -0.39 is 22.4 Å². The summed E-state index contributed by atoms with van der Waals surface area (Å²) in [5.41, 5.74) is 2.72. The first-order chi connectivity index (χ1) is 9.77. The summed E-state index contributed by atoms with van der Waals surface area (Å²) in [5.74, 6) is 0.106. The third-order valence-corrected chi connectivity index (χ3v) is 4.45. The van der Waals surface area contributed by atoms with Crippen LogP contribution >= 0.6 is 0 Å². The Labute approximate surface area is 124 Å². The maximum absolute atomic E-state index is 11.8. The van der Waals surface area contributed by atoms with E-state index in [1.165, 1.54) is 0 Å². The molecule has 1 heterocycles. The van der Waals surface area contributed by atoms with Gasteiger partial charge >= 0.3 is 6.16 Å². The Bertz CT molecular complexity index is 626. The van der Waals surface area contributed by atoms with Crippen LogP contribution in [0, 0.1) is 20.8 Å². The fourth-order valence-corrected chi connectivity index (χ4v) is 3.47. The number of aryl methyl sites for hydroxylation is 3. The largest absolute Gasteiger partial charge is 0.514 e. The number of carbonyl (C=O) groups excluding carboxylic acids is 1. The van der Waals surface area contributed by atoms with Gasteiger partial charge in [-0.15, -0.1) is 0 Å². The first-order valence-electron chi connectivity index (χ1n) is 6.60. The van der Waals surface area contributed by atoms with Gasteiger partial charge in [0.25, 0.3) is 10.1 Å². The summed E-state index contributed by atoms with van der Waals surface area (Å²) in [4.78, 5) is 11.8. The van der Waals surface area contributed by atoms with Crippen molar-refractivity contribution in [2.45, 2.75) is 33.3 Å². The van der Waals surface area contributed by atoms with Gasteiger partial charge in [0.15, 0.2) is 0 Å². The minimum Gasteiger partial charge on any atom is -0.429 e. The van der Waals surface area contributed by atoms with Crippen LogP contribution in [-0.4, -0.2) is 33.0 Å². The lowest BCUT2D eigenvalue weighted by molar-refractivity contribution is 0.0505. The summed E-state index contributed by atoms with van der Waals surface area (Å²) in [6.45, 7) is 5.64. The molecule has 0 bridgehead atoms. The third kappa shape index (κ3) is 4.18. The van der Waals surface area contributed by atoms with Crippen molar-refractivity contribution in [2.75, 3.05) is 12.4 Å². The molecule has 1 aromatic carbocycles. The monoisotopic (exact) mass is 314 g/mol. The highest BCUT2D eigenvalue weighted by atomic mass is 32.2. The average molecular weight is 314 g/mol. The quantitative estimate of drug-likeness (QED) is 0.473. The van der Waals surface area contributed by atoms with Crippen molar-refractivity contribution in [2.24, 2.45) is 0 Å². The summed E-state index contributed by atoms with van der Waals surface area (Å²) in [6.07, 6.45) is -1.30. The highest BCUT2D eigenvalue weighted by Crippen LogP contribution is 2.25. The molecule has 0 aliphatic carbocycles. The molecule has 0 N–H and O–H groups in total. The molecule has 116 valence electrons. The van der Waals surface area contributed by atoms with Crippen molar-refractivity contribution in [1.82, 2.24) is 0 Å². The highest BCUT2D eigenvalue weighted by molar-refractivity contribution is 7.86. The van der Waals surface area contributed by atoms with E-state index in [4.69, 9.17) is 9.47 Å². The van der Waals surface area contributed by atoms with Crippen LogP contribution in [0.3, 0.4) is 0 Å². The van der Waals surface area contributed by atoms with Crippen LogP contribution in [0.25, 0.3) is 0 Å². The lowest BCUT2D eigenvalue weighted by Gasteiger charge is -2.22. The number of benzene rings is 1. The lowest BCUT2D eigenvalue weighted by Crippen LogP contribution is -2.34. The van der Waals surface area contributed by atoms with Gasteiger partial charge in [0.05, 0.1) is 6.61 Å². The Hall–Kier alpha value is -1.60. The van der Waals surface area contributed by atoms with Crippen LogP contribution in [0.1, 0.15) is 23.1 Å². The molecule has 0 aromatic heterocycles. The molecule has 1 aliphatic rings. The van der Waals surface area contributed by atoms with Gasteiger partial charge in [-0.25, -0.2) is 4.79 Å². The second-order valence-corrected chi connectivity index (χ2v) is 6.84. The molecule has 21 heavy (non-hydrogen) atoms. The van der Waals surface area contributed by atoms with Crippen molar-refractivity contribution in [1.29, 1.82) is 0 Å². The van der Waals surface area contributed by atoms with Crippen molar-refractivity contribution in [3.63, 3.8) is 0 Å². The standard InChI is InChI=1S/C14H18O6S/c1-9-6-10(2)13(11(3)7-9)20-14(15)19-12-4-5-18-21(16,17)8-12/h6-7,12H,4-5,8H2,1-3H3. The number of hydrogen-bond donors (Lipinski definition) is 0. The molecule has 1 aliphatic heterocycles. The molecular formula is C14H18O6S.